The number of thioether (sulfide) groups is 1. The second-order valence-electron chi connectivity index (χ2n) is 3.80. The van der Waals surface area contributed by atoms with Crippen LogP contribution in [0.3, 0.4) is 0 Å². The predicted molar refractivity (Wildman–Crippen MR) is 91.1 cm³/mol. The first-order valence-corrected chi connectivity index (χ1v) is 6.80. The molecule has 21 heavy (non-hydrogen) atoms. The molecule has 0 amide bonds. The van der Waals surface area contributed by atoms with E-state index in [4.69, 9.17) is 10.5 Å². The van der Waals surface area contributed by atoms with Crippen LogP contribution in [-0.2, 0) is 0 Å². The van der Waals surface area contributed by atoms with Crippen molar-refractivity contribution in [3.63, 3.8) is 0 Å². The smallest absolute Gasteiger partial charge is 0.252 e. The molecule has 0 aliphatic rings. The lowest BCUT2D eigenvalue weighted by Gasteiger charge is -2.05. The number of ether oxygens (including phenoxy) is 1. The lowest BCUT2D eigenvalue weighted by molar-refractivity contribution is 0.415. The number of nitrogens with one attached hydrogen (secondary N) is 1. The Morgan fingerprint density at radius 1 is 1.33 bits per heavy atom. The highest BCUT2D eigenvalue weighted by atomic mass is 35.5. The molecule has 116 valence electrons. The van der Waals surface area contributed by atoms with Gasteiger partial charge in [0, 0.05) is 23.9 Å². The van der Waals surface area contributed by atoms with Crippen LogP contribution in [0.1, 0.15) is 0 Å². The molecule has 1 heterocycles. The van der Waals surface area contributed by atoms with Gasteiger partial charge in [-0.25, -0.2) is 4.98 Å². The van der Waals surface area contributed by atoms with Gasteiger partial charge in [0.2, 0.25) is 0 Å². The van der Waals surface area contributed by atoms with Crippen molar-refractivity contribution >= 4 is 36.6 Å². The third-order valence-corrected chi connectivity index (χ3v) is 3.35. The van der Waals surface area contributed by atoms with Crippen LogP contribution in [0.15, 0.2) is 40.3 Å². The van der Waals surface area contributed by atoms with Gasteiger partial charge in [0.1, 0.15) is 5.75 Å². The molecule has 0 aliphatic heterocycles. The molecule has 5 nitrogen and oxygen atoms in total. The zero-order valence-corrected chi connectivity index (χ0v) is 13.8. The van der Waals surface area contributed by atoms with Crippen molar-refractivity contribution in [2.24, 2.45) is 5.73 Å². The number of hydrogen-bond donors (Lipinski definition) is 2. The Morgan fingerprint density at radius 3 is 2.76 bits per heavy atom. The van der Waals surface area contributed by atoms with Crippen molar-refractivity contribution in [1.29, 1.82) is 0 Å². The van der Waals surface area contributed by atoms with E-state index in [1.165, 1.54) is 17.8 Å². The highest BCUT2D eigenvalue weighted by molar-refractivity contribution is 7.99. The fourth-order valence-electron chi connectivity index (χ4n) is 1.59. The number of halogens is 2. The maximum Gasteiger partial charge on any atom is 0.252 e. The number of methoxy groups -OCH3 is 1. The second-order valence-corrected chi connectivity index (χ2v) is 4.89. The van der Waals surface area contributed by atoms with Crippen molar-refractivity contribution in [2.75, 3.05) is 19.4 Å². The van der Waals surface area contributed by atoms with Gasteiger partial charge in [-0.15, -0.1) is 24.8 Å². The van der Waals surface area contributed by atoms with Crippen molar-refractivity contribution in [3.8, 4) is 17.0 Å². The van der Waals surface area contributed by atoms with Crippen LogP contribution in [0.25, 0.3) is 11.3 Å². The van der Waals surface area contributed by atoms with E-state index >= 15 is 0 Å². The number of aromatic nitrogens is 2. The fourth-order valence-corrected chi connectivity index (χ4v) is 2.24. The van der Waals surface area contributed by atoms with Crippen LogP contribution in [-0.4, -0.2) is 29.4 Å². The summed E-state index contributed by atoms with van der Waals surface area (Å²) in [6, 6.07) is 8.92. The van der Waals surface area contributed by atoms with Crippen LogP contribution < -0.4 is 16.0 Å². The van der Waals surface area contributed by atoms with E-state index in [9.17, 15) is 4.79 Å². The number of nitrogens with two attached hydrogens (primary N) is 1. The number of H-pyrrole nitrogens is 1. The highest BCUT2D eigenvalue weighted by Gasteiger charge is 2.05. The van der Waals surface area contributed by atoms with Gasteiger partial charge >= 0.3 is 0 Å². The molecule has 0 atom stereocenters. The maximum absolute atomic E-state index is 11.6. The Hall–Kier alpha value is -1.21. The van der Waals surface area contributed by atoms with Gasteiger partial charge in [-0.1, -0.05) is 23.9 Å². The summed E-state index contributed by atoms with van der Waals surface area (Å²) in [5.74, 6) is 1.44. The Balaban J connectivity index is 0.00000200. The summed E-state index contributed by atoms with van der Waals surface area (Å²) in [5.41, 5.74) is 6.74. The molecular weight excluding hydrogens is 333 g/mol. The van der Waals surface area contributed by atoms with Crippen LogP contribution in [0.4, 0.5) is 0 Å². The average molecular weight is 350 g/mol. The largest absolute Gasteiger partial charge is 0.497 e. The Kier molecular flexibility index (Phi) is 9.12. The predicted octanol–water partition coefficient (Wildman–Crippen LogP) is 2.34. The topological polar surface area (TPSA) is 81.0 Å². The number of nitrogens with zero attached hydrogens (tertiary/aromatic N) is 1. The van der Waals surface area contributed by atoms with E-state index in [1.54, 1.807) is 7.11 Å². The van der Waals surface area contributed by atoms with E-state index in [0.29, 0.717) is 23.1 Å². The molecule has 0 unspecified atom stereocenters. The quantitative estimate of drug-likeness (QED) is 0.639. The summed E-state index contributed by atoms with van der Waals surface area (Å²) in [4.78, 5) is 18.7. The normalized spacial score (nSPS) is 9.43. The number of hydrogen-bond acceptors (Lipinski definition) is 5. The molecule has 8 heteroatoms. The monoisotopic (exact) mass is 349 g/mol. The number of aromatic amines is 1. The molecular formula is C13H17Cl2N3O2S. The van der Waals surface area contributed by atoms with Crippen LogP contribution >= 0.6 is 36.6 Å². The molecule has 0 saturated carbocycles. The zero-order valence-electron chi connectivity index (χ0n) is 11.4. The second kappa shape index (κ2) is 9.68. The van der Waals surface area contributed by atoms with Crippen LogP contribution in [0.2, 0.25) is 0 Å². The molecule has 3 N–H and O–H groups in total. The molecule has 2 aromatic rings. The van der Waals surface area contributed by atoms with Gasteiger partial charge < -0.3 is 15.5 Å². The SMILES string of the molecule is COc1cccc(-c2cc(=O)[nH]c(SCCN)n2)c1.Cl.Cl. The summed E-state index contributed by atoms with van der Waals surface area (Å²) < 4.78 is 5.17. The molecule has 1 aromatic carbocycles. The minimum Gasteiger partial charge on any atom is -0.497 e. The summed E-state index contributed by atoms with van der Waals surface area (Å²) >= 11 is 1.43. The first kappa shape index (κ1) is 19.8. The molecule has 0 bridgehead atoms. The van der Waals surface area contributed by atoms with Crippen molar-refractivity contribution < 1.29 is 4.74 Å². The zero-order chi connectivity index (χ0) is 13.7. The van der Waals surface area contributed by atoms with Gasteiger partial charge in [0.25, 0.3) is 5.56 Å². The maximum atomic E-state index is 11.6. The fraction of sp³-hybridized carbons (Fsp3) is 0.231. The first-order chi connectivity index (χ1) is 9.22. The van der Waals surface area contributed by atoms with Gasteiger partial charge in [0.15, 0.2) is 5.16 Å². The summed E-state index contributed by atoms with van der Waals surface area (Å²) in [7, 11) is 1.60. The van der Waals surface area contributed by atoms with Crippen LogP contribution in [0.5, 0.6) is 5.75 Å². The highest BCUT2D eigenvalue weighted by Crippen LogP contribution is 2.22. The third-order valence-electron chi connectivity index (χ3n) is 2.44. The van der Waals surface area contributed by atoms with Crippen molar-refractivity contribution in [2.45, 2.75) is 5.16 Å². The van der Waals surface area contributed by atoms with E-state index in [0.717, 1.165) is 11.3 Å². The van der Waals surface area contributed by atoms with Crippen molar-refractivity contribution in [1.82, 2.24) is 9.97 Å². The third kappa shape index (κ3) is 5.59. The van der Waals surface area contributed by atoms with Gasteiger partial charge in [0.05, 0.1) is 12.8 Å². The summed E-state index contributed by atoms with van der Waals surface area (Å²) in [6.07, 6.45) is 0. The molecule has 0 saturated heterocycles. The number of benzene rings is 1. The van der Waals surface area contributed by atoms with E-state index in [2.05, 4.69) is 9.97 Å². The molecule has 0 radical (unpaired) electrons. The van der Waals surface area contributed by atoms with Crippen molar-refractivity contribution in [3.05, 3.63) is 40.7 Å². The van der Waals surface area contributed by atoms with E-state index in [-0.39, 0.29) is 30.4 Å². The Bertz CT molecular complexity index is 622. The Morgan fingerprint density at radius 2 is 2.10 bits per heavy atom. The first-order valence-electron chi connectivity index (χ1n) is 5.81. The summed E-state index contributed by atoms with van der Waals surface area (Å²) in [6.45, 7) is 0.539. The Labute approximate surface area is 139 Å². The number of rotatable bonds is 5. The van der Waals surface area contributed by atoms with E-state index < -0.39 is 0 Å². The molecule has 0 spiro atoms. The standard InChI is InChI=1S/C13H15N3O2S.2ClH/c1-18-10-4-2-3-9(7-10)11-8-12(17)16-13(15-11)19-6-5-14;;/h2-4,7-8H,5-6,14H2,1H3,(H,15,16,17);2*1H. The van der Waals surface area contributed by atoms with Gasteiger partial charge in [-0.2, -0.15) is 0 Å². The van der Waals surface area contributed by atoms with Crippen LogP contribution in [0, 0.1) is 0 Å². The molecule has 0 fully saturated rings. The van der Waals surface area contributed by atoms with Gasteiger partial charge in [-0.05, 0) is 12.1 Å². The molecule has 0 aliphatic carbocycles. The minimum atomic E-state index is -0.174. The average Bonchev–Trinajstić information content (AvgIpc) is 2.44. The van der Waals surface area contributed by atoms with Gasteiger partial charge in [-0.3, -0.25) is 4.79 Å². The lowest BCUT2D eigenvalue weighted by atomic mass is 10.1. The summed E-state index contributed by atoms with van der Waals surface area (Å²) in [5, 5.41) is 0.579. The molecule has 2 rings (SSSR count). The van der Waals surface area contributed by atoms with E-state index in [1.807, 2.05) is 24.3 Å². The minimum absolute atomic E-state index is 0. The molecule has 1 aromatic heterocycles. The lowest BCUT2D eigenvalue weighted by Crippen LogP contribution is -2.09.